The molecule has 0 saturated carbocycles. The van der Waals surface area contributed by atoms with E-state index in [0.29, 0.717) is 35.4 Å². The summed E-state index contributed by atoms with van der Waals surface area (Å²) < 4.78 is 1.83. The van der Waals surface area contributed by atoms with Gasteiger partial charge >= 0.3 is 0 Å². The number of thioether (sulfide) groups is 1. The molecule has 0 unspecified atom stereocenters. The van der Waals surface area contributed by atoms with Gasteiger partial charge in [0.1, 0.15) is 0 Å². The molecule has 1 saturated heterocycles. The average molecular weight is 465 g/mol. The Labute approximate surface area is 198 Å². The fourth-order valence-electron chi connectivity index (χ4n) is 3.83. The third-order valence-corrected chi connectivity index (χ3v) is 6.72. The van der Waals surface area contributed by atoms with E-state index in [1.807, 2.05) is 59.8 Å². The van der Waals surface area contributed by atoms with Crippen LogP contribution in [0.3, 0.4) is 0 Å². The van der Waals surface area contributed by atoms with Gasteiger partial charge < -0.3 is 19.7 Å². The van der Waals surface area contributed by atoms with Crippen LogP contribution in [-0.4, -0.2) is 63.4 Å². The molecule has 1 aliphatic heterocycles. The molecule has 1 aromatic heterocycles. The monoisotopic (exact) mass is 464 g/mol. The van der Waals surface area contributed by atoms with Crippen molar-refractivity contribution in [3.8, 4) is 0 Å². The van der Waals surface area contributed by atoms with Crippen LogP contribution in [-0.2, 0) is 11.8 Å². The first kappa shape index (κ1) is 22.8. The largest absolute Gasteiger partial charge is 0.368 e. The van der Waals surface area contributed by atoms with Gasteiger partial charge in [-0.3, -0.25) is 9.59 Å². The number of para-hydroxylation sites is 1. The molecule has 0 spiro atoms. The van der Waals surface area contributed by atoms with Crippen molar-refractivity contribution >= 4 is 29.3 Å². The molecule has 2 amide bonds. The number of aromatic nitrogens is 3. The summed E-state index contributed by atoms with van der Waals surface area (Å²) in [5.74, 6) is 0.890. The number of nitrogens with zero attached hydrogens (tertiary/aromatic N) is 5. The first-order valence-electron chi connectivity index (χ1n) is 11.0. The van der Waals surface area contributed by atoms with E-state index in [9.17, 15) is 9.59 Å². The number of hydrogen-bond acceptors (Lipinski definition) is 6. The Morgan fingerprint density at radius 2 is 1.61 bits per heavy atom. The normalized spacial score (nSPS) is 14.7. The lowest BCUT2D eigenvalue weighted by Crippen LogP contribution is -2.49. The van der Waals surface area contributed by atoms with Crippen molar-refractivity contribution in [2.24, 2.45) is 7.05 Å². The molecule has 3 aromatic rings. The van der Waals surface area contributed by atoms with Crippen LogP contribution in [0.25, 0.3) is 0 Å². The van der Waals surface area contributed by atoms with Crippen molar-refractivity contribution < 1.29 is 9.59 Å². The standard InChI is InChI=1S/C24H28N6O2S/c1-18(25-23(32)19-9-5-3-6-10-19)22-26-27-24(28(22)2)33-17-21(31)30-15-13-29(14-16-30)20-11-7-4-8-12-20/h3-12,18H,13-17H2,1-2H3,(H,25,32)/t18-/m1/s1. The van der Waals surface area contributed by atoms with Crippen LogP contribution in [0.15, 0.2) is 65.8 Å². The lowest BCUT2D eigenvalue weighted by molar-refractivity contribution is -0.128. The van der Waals surface area contributed by atoms with Gasteiger partial charge in [-0.05, 0) is 31.2 Å². The first-order valence-corrected chi connectivity index (χ1v) is 12.0. The number of rotatable bonds is 7. The van der Waals surface area contributed by atoms with Crippen LogP contribution in [0.2, 0.25) is 0 Å². The molecule has 33 heavy (non-hydrogen) atoms. The summed E-state index contributed by atoms with van der Waals surface area (Å²) in [4.78, 5) is 29.4. The number of amides is 2. The fraction of sp³-hybridized carbons (Fsp3) is 0.333. The van der Waals surface area contributed by atoms with E-state index in [1.165, 1.54) is 17.4 Å². The highest BCUT2D eigenvalue weighted by Gasteiger charge is 2.23. The number of nitrogens with one attached hydrogen (secondary N) is 1. The van der Waals surface area contributed by atoms with Crippen molar-refractivity contribution in [1.82, 2.24) is 25.0 Å². The number of piperazine rings is 1. The predicted molar refractivity (Wildman–Crippen MR) is 129 cm³/mol. The van der Waals surface area contributed by atoms with Crippen molar-refractivity contribution in [3.05, 3.63) is 72.1 Å². The van der Waals surface area contributed by atoms with E-state index >= 15 is 0 Å². The molecule has 172 valence electrons. The van der Waals surface area contributed by atoms with Gasteiger partial charge in [0, 0.05) is 44.5 Å². The summed E-state index contributed by atoms with van der Waals surface area (Å²) in [6.45, 7) is 4.94. The molecule has 1 atom stereocenters. The zero-order chi connectivity index (χ0) is 23.2. The number of anilines is 1. The second kappa shape index (κ2) is 10.5. The Kier molecular flexibility index (Phi) is 7.29. The first-order chi connectivity index (χ1) is 16.0. The number of benzene rings is 2. The van der Waals surface area contributed by atoms with Gasteiger partial charge in [-0.1, -0.05) is 48.2 Å². The highest BCUT2D eigenvalue weighted by molar-refractivity contribution is 7.99. The summed E-state index contributed by atoms with van der Waals surface area (Å²) in [7, 11) is 1.85. The van der Waals surface area contributed by atoms with E-state index in [4.69, 9.17) is 0 Å². The van der Waals surface area contributed by atoms with Crippen molar-refractivity contribution in [2.45, 2.75) is 18.1 Å². The topological polar surface area (TPSA) is 83.4 Å². The van der Waals surface area contributed by atoms with Gasteiger partial charge in [0.05, 0.1) is 11.8 Å². The molecule has 0 bridgehead atoms. The van der Waals surface area contributed by atoms with Crippen molar-refractivity contribution in [2.75, 3.05) is 36.8 Å². The maximum Gasteiger partial charge on any atom is 0.251 e. The van der Waals surface area contributed by atoms with Gasteiger partial charge in [0.15, 0.2) is 11.0 Å². The zero-order valence-corrected chi connectivity index (χ0v) is 19.7. The summed E-state index contributed by atoms with van der Waals surface area (Å²) in [6.07, 6.45) is 0. The number of hydrogen-bond donors (Lipinski definition) is 1. The van der Waals surface area contributed by atoms with Crippen LogP contribution in [0.4, 0.5) is 5.69 Å². The maximum absolute atomic E-state index is 12.7. The van der Waals surface area contributed by atoms with Crippen LogP contribution in [0.1, 0.15) is 29.1 Å². The van der Waals surface area contributed by atoms with E-state index < -0.39 is 0 Å². The number of carbonyl (C=O) groups is 2. The molecule has 0 aliphatic carbocycles. The molecule has 1 N–H and O–H groups in total. The van der Waals surface area contributed by atoms with Crippen LogP contribution >= 0.6 is 11.8 Å². The van der Waals surface area contributed by atoms with E-state index in [0.717, 1.165) is 13.1 Å². The average Bonchev–Trinajstić information content (AvgIpc) is 3.24. The van der Waals surface area contributed by atoms with Gasteiger partial charge in [-0.25, -0.2) is 0 Å². The zero-order valence-electron chi connectivity index (χ0n) is 18.8. The Balaban J connectivity index is 1.28. The minimum atomic E-state index is -0.314. The Bertz CT molecular complexity index is 1080. The van der Waals surface area contributed by atoms with E-state index in [2.05, 4.69) is 32.5 Å². The molecule has 2 aromatic carbocycles. The van der Waals surface area contributed by atoms with E-state index in [1.54, 1.807) is 12.1 Å². The molecule has 9 heteroatoms. The molecule has 4 rings (SSSR count). The molecule has 0 radical (unpaired) electrons. The SMILES string of the molecule is C[C@@H](NC(=O)c1ccccc1)c1nnc(SCC(=O)N2CCN(c3ccccc3)CC2)n1C. The Morgan fingerprint density at radius 3 is 2.27 bits per heavy atom. The minimum Gasteiger partial charge on any atom is -0.368 e. The Morgan fingerprint density at radius 1 is 0.970 bits per heavy atom. The van der Waals surface area contributed by atoms with Gasteiger partial charge in [0.2, 0.25) is 5.91 Å². The summed E-state index contributed by atoms with van der Waals surface area (Å²) in [5, 5.41) is 12.1. The highest BCUT2D eigenvalue weighted by atomic mass is 32.2. The predicted octanol–water partition coefficient (Wildman–Crippen LogP) is 2.75. The highest BCUT2D eigenvalue weighted by Crippen LogP contribution is 2.21. The third kappa shape index (κ3) is 5.54. The molecule has 1 aliphatic rings. The molecular formula is C24H28N6O2S. The second-order valence-corrected chi connectivity index (χ2v) is 8.90. The van der Waals surface area contributed by atoms with E-state index in [-0.39, 0.29) is 17.9 Å². The smallest absolute Gasteiger partial charge is 0.251 e. The molecule has 1 fully saturated rings. The summed E-state index contributed by atoms with van der Waals surface area (Å²) >= 11 is 1.37. The lowest BCUT2D eigenvalue weighted by atomic mass is 10.2. The van der Waals surface area contributed by atoms with Crippen LogP contribution in [0, 0.1) is 0 Å². The Hall–Kier alpha value is -3.33. The van der Waals surface area contributed by atoms with Gasteiger partial charge in [0.25, 0.3) is 5.91 Å². The number of carbonyl (C=O) groups excluding carboxylic acids is 2. The second-order valence-electron chi connectivity index (χ2n) is 7.95. The van der Waals surface area contributed by atoms with Gasteiger partial charge in [-0.15, -0.1) is 10.2 Å². The molecular weight excluding hydrogens is 436 g/mol. The maximum atomic E-state index is 12.7. The summed E-state index contributed by atoms with van der Waals surface area (Å²) in [5.41, 5.74) is 1.79. The third-order valence-electron chi connectivity index (χ3n) is 5.72. The van der Waals surface area contributed by atoms with Crippen molar-refractivity contribution in [3.63, 3.8) is 0 Å². The molecule has 8 nitrogen and oxygen atoms in total. The van der Waals surface area contributed by atoms with Crippen molar-refractivity contribution in [1.29, 1.82) is 0 Å². The summed E-state index contributed by atoms with van der Waals surface area (Å²) in [6, 6.07) is 19.0. The van der Waals surface area contributed by atoms with Crippen LogP contribution < -0.4 is 10.2 Å². The lowest BCUT2D eigenvalue weighted by Gasteiger charge is -2.36. The minimum absolute atomic E-state index is 0.0997. The molecule has 2 heterocycles. The van der Waals surface area contributed by atoms with Gasteiger partial charge in [-0.2, -0.15) is 0 Å². The quantitative estimate of drug-likeness (QED) is 0.542. The fourth-order valence-corrected chi connectivity index (χ4v) is 4.65. The van der Waals surface area contributed by atoms with Crippen LogP contribution in [0.5, 0.6) is 0 Å².